The summed E-state index contributed by atoms with van der Waals surface area (Å²) in [7, 11) is -3.27. The molecule has 0 aromatic heterocycles. The van der Waals surface area contributed by atoms with E-state index in [1.54, 1.807) is 4.31 Å². The number of hydrogen-bond donors (Lipinski definition) is 0. The van der Waals surface area contributed by atoms with Crippen LogP contribution < -0.4 is 0 Å². The van der Waals surface area contributed by atoms with E-state index in [0.717, 1.165) is 38.5 Å². The second kappa shape index (κ2) is 6.84. The largest absolute Gasteiger partial charge is 0.338 e. The fourth-order valence-electron chi connectivity index (χ4n) is 5.91. The monoisotopic (exact) mass is 402 g/mol. The summed E-state index contributed by atoms with van der Waals surface area (Å²) < 4.78 is 28.3. The number of carbonyl (C=O) groups is 1. The van der Waals surface area contributed by atoms with Crippen molar-refractivity contribution in [1.82, 2.24) is 9.21 Å². The highest BCUT2D eigenvalue weighted by Gasteiger charge is 2.57. The number of hydrogen-bond acceptors (Lipinski definition) is 3. The maximum atomic E-state index is 13.3. The Morgan fingerprint density at radius 1 is 0.964 bits per heavy atom. The van der Waals surface area contributed by atoms with E-state index in [9.17, 15) is 13.2 Å². The number of nitrogens with zero attached hydrogens (tertiary/aromatic N) is 2. The molecule has 5 rings (SSSR count). The van der Waals surface area contributed by atoms with E-state index in [0.29, 0.717) is 25.6 Å². The summed E-state index contributed by atoms with van der Waals surface area (Å²) >= 11 is 0. The van der Waals surface area contributed by atoms with Crippen LogP contribution in [0.4, 0.5) is 0 Å². The Bertz CT molecular complexity index is 846. The Labute approximate surface area is 168 Å². The molecule has 4 aliphatic rings. The highest BCUT2D eigenvalue weighted by atomic mass is 32.2. The van der Waals surface area contributed by atoms with Crippen molar-refractivity contribution in [2.24, 2.45) is 0 Å². The van der Waals surface area contributed by atoms with Gasteiger partial charge in [0.2, 0.25) is 15.9 Å². The van der Waals surface area contributed by atoms with Crippen molar-refractivity contribution in [2.75, 3.05) is 13.1 Å². The lowest BCUT2D eigenvalue weighted by atomic mass is 9.71. The van der Waals surface area contributed by atoms with E-state index in [1.165, 1.54) is 18.4 Å². The third-order valence-electron chi connectivity index (χ3n) is 7.63. The molecule has 5 nitrogen and oxygen atoms in total. The van der Waals surface area contributed by atoms with Crippen LogP contribution in [0.25, 0.3) is 0 Å². The summed E-state index contributed by atoms with van der Waals surface area (Å²) in [5, 5.41) is -0.196. The molecule has 152 valence electrons. The zero-order valence-electron chi connectivity index (χ0n) is 16.4. The summed E-state index contributed by atoms with van der Waals surface area (Å²) in [6.07, 6.45) is 8.14. The van der Waals surface area contributed by atoms with Gasteiger partial charge in [0.25, 0.3) is 0 Å². The van der Waals surface area contributed by atoms with Crippen molar-refractivity contribution in [3.63, 3.8) is 0 Å². The minimum absolute atomic E-state index is 0.132. The summed E-state index contributed by atoms with van der Waals surface area (Å²) in [5.74, 6) is 0.223. The van der Waals surface area contributed by atoms with Gasteiger partial charge in [-0.25, -0.2) is 8.42 Å². The molecular weight excluding hydrogens is 372 g/mol. The molecule has 6 heteroatoms. The minimum atomic E-state index is -3.27. The van der Waals surface area contributed by atoms with Gasteiger partial charge in [0, 0.05) is 31.0 Å². The van der Waals surface area contributed by atoms with Crippen molar-refractivity contribution < 1.29 is 13.2 Å². The van der Waals surface area contributed by atoms with Crippen LogP contribution in [-0.2, 0) is 20.2 Å². The number of carbonyl (C=O) groups excluding carboxylic acids is 1. The zero-order valence-corrected chi connectivity index (χ0v) is 17.2. The Morgan fingerprint density at radius 2 is 1.68 bits per heavy atom. The molecule has 0 spiro atoms. The lowest BCUT2D eigenvalue weighted by Crippen LogP contribution is -2.52. The van der Waals surface area contributed by atoms with E-state index < -0.39 is 10.0 Å². The molecular formula is C22H30N2O3S. The minimum Gasteiger partial charge on any atom is -0.338 e. The van der Waals surface area contributed by atoms with Gasteiger partial charge in [0.15, 0.2) is 0 Å². The number of rotatable bonds is 4. The Balaban J connectivity index is 1.57. The third-order valence-corrected chi connectivity index (χ3v) is 10.0. The Morgan fingerprint density at radius 3 is 2.36 bits per heavy atom. The lowest BCUT2D eigenvalue weighted by Gasteiger charge is -2.39. The second-order valence-electron chi connectivity index (χ2n) is 9.13. The molecule has 1 amide bonds. The van der Waals surface area contributed by atoms with Crippen molar-refractivity contribution >= 4 is 15.9 Å². The van der Waals surface area contributed by atoms with Crippen LogP contribution in [0, 0.1) is 0 Å². The topological polar surface area (TPSA) is 57.7 Å². The summed E-state index contributed by atoms with van der Waals surface area (Å²) in [5.41, 5.74) is 0.959. The number of benzene rings is 1. The first-order chi connectivity index (χ1) is 13.5. The first-order valence-corrected chi connectivity index (χ1v) is 12.4. The van der Waals surface area contributed by atoms with Gasteiger partial charge in [-0.15, -0.1) is 0 Å². The Kier molecular flexibility index (Phi) is 4.55. The summed E-state index contributed by atoms with van der Waals surface area (Å²) in [4.78, 5) is 15.1. The highest BCUT2D eigenvalue weighted by Crippen LogP contribution is 2.49. The van der Waals surface area contributed by atoms with Crippen LogP contribution in [0.1, 0.15) is 63.4 Å². The fourth-order valence-corrected chi connectivity index (χ4v) is 7.99. The number of amides is 1. The van der Waals surface area contributed by atoms with Crippen molar-refractivity contribution in [2.45, 2.75) is 80.5 Å². The molecule has 2 heterocycles. The van der Waals surface area contributed by atoms with E-state index in [4.69, 9.17) is 0 Å². The van der Waals surface area contributed by atoms with Gasteiger partial charge in [-0.2, -0.15) is 4.31 Å². The first-order valence-electron chi connectivity index (χ1n) is 10.9. The molecule has 0 radical (unpaired) electrons. The molecule has 0 unspecified atom stereocenters. The van der Waals surface area contributed by atoms with Crippen molar-refractivity contribution in [3.8, 4) is 0 Å². The predicted octanol–water partition coefficient (Wildman–Crippen LogP) is 3.06. The number of fused-ring (bicyclic) bond motifs is 1. The van der Waals surface area contributed by atoms with Crippen LogP contribution in [0.3, 0.4) is 0 Å². The molecule has 2 atom stereocenters. The molecule has 2 aliphatic carbocycles. The van der Waals surface area contributed by atoms with Crippen molar-refractivity contribution in [3.05, 3.63) is 35.9 Å². The molecule has 2 aliphatic heterocycles. The lowest BCUT2D eigenvalue weighted by molar-refractivity contribution is -0.133. The zero-order chi connectivity index (χ0) is 19.4. The number of likely N-dealkylation sites (tertiary alicyclic amines) is 1. The van der Waals surface area contributed by atoms with E-state index in [2.05, 4.69) is 17.0 Å². The SMILES string of the molecule is O=C1CC[C@]2(c3ccccc3)CCN(S(=O)(=O)C3CC3)[C@@H]2CN1C1CCCC1. The highest BCUT2D eigenvalue weighted by molar-refractivity contribution is 7.90. The van der Waals surface area contributed by atoms with Gasteiger partial charge in [-0.1, -0.05) is 43.2 Å². The van der Waals surface area contributed by atoms with Gasteiger partial charge in [0.05, 0.1) is 11.3 Å². The quantitative estimate of drug-likeness (QED) is 0.778. The molecule has 1 aromatic rings. The van der Waals surface area contributed by atoms with Crippen LogP contribution in [0.2, 0.25) is 0 Å². The maximum Gasteiger partial charge on any atom is 0.222 e. The van der Waals surface area contributed by atoms with Crippen LogP contribution in [-0.4, -0.2) is 54.0 Å². The van der Waals surface area contributed by atoms with E-state index in [1.807, 2.05) is 18.2 Å². The van der Waals surface area contributed by atoms with Gasteiger partial charge in [-0.3, -0.25) is 4.79 Å². The average molecular weight is 403 g/mol. The normalized spacial score (nSPS) is 32.5. The van der Waals surface area contributed by atoms with E-state index in [-0.39, 0.29) is 22.6 Å². The maximum absolute atomic E-state index is 13.3. The van der Waals surface area contributed by atoms with E-state index >= 15 is 0 Å². The van der Waals surface area contributed by atoms with Crippen molar-refractivity contribution in [1.29, 1.82) is 0 Å². The molecule has 0 N–H and O–H groups in total. The van der Waals surface area contributed by atoms with Crippen LogP contribution >= 0.6 is 0 Å². The molecule has 2 saturated carbocycles. The second-order valence-corrected chi connectivity index (χ2v) is 11.3. The summed E-state index contributed by atoms with van der Waals surface area (Å²) in [6, 6.07) is 10.5. The third kappa shape index (κ3) is 2.91. The fraction of sp³-hybridized carbons (Fsp3) is 0.682. The molecule has 28 heavy (non-hydrogen) atoms. The molecule has 2 saturated heterocycles. The molecule has 4 fully saturated rings. The predicted molar refractivity (Wildman–Crippen MR) is 108 cm³/mol. The Hall–Kier alpha value is -1.40. The first kappa shape index (κ1) is 18.6. The van der Waals surface area contributed by atoms with Crippen LogP contribution in [0.15, 0.2) is 30.3 Å². The smallest absolute Gasteiger partial charge is 0.222 e. The summed E-state index contributed by atoms with van der Waals surface area (Å²) in [6.45, 7) is 1.15. The van der Waals surface area contributed by atoms with Gasteiger partial charge in [0.1, 0.15) is 0 Å². The molecule has 0 bridgehead atoms. The van der Waals surface area contributed by atoms with Gasteiger partial charge in [-0.05, 0) is 44.1 Å². The average Bonchev–Trinajstić information content (AvgIpc) is 3.35. The van der Waals surface area contributed by atoms with Crippen LogP contribution in [0.5, 0.6) is 0 Å². The number of sulfonamides is 1. The van der Waals surface area contributed by atoms with Gasteiger partial charge < -0.3 is 4.90 Å². The molecule has 1 aromatic carbocycles. The van der Waals surface area contributed by atoms with Gasteiger partial charge >= 0.3 is 0 Å². The standard InChI is InChI=1S/C22H30N2O3S/c25-21-12-13-22(17-6-2-1-3-7-17)14-15-24(28(26,27)19-10-11-19)20(22)16-23(21)18-8-4-5-9-18/h1-3,6-7,18-20H,4-5,8-16H2/t20-,22-/m1/s1.